The number of fused-ring (bicyclic) bond motifs is 1. The molecular weight excluding hydrogens is 335 g/mol. The van der Waals surface area contributed by atoms with Crippen molar-refractivity contribution in [3.63, 3.8) is 0 Å². The van der Waals surface area contributed by atoms with E-state index in [0.717, 1.165) is 5.56 Å². The Labute approximate surface area is 149 Å². The van der Waals surface area contributed by atoms with E-state index < -0.39 is 0 Å². The molecule has 5 nitrogen and oxygen atoms in total. The summed E-state index contributed by atoms with van der Waals surface area (Å²) in [6, 6.07) is 14.6. The number of benzene rings is 2. The second-order valence-corrected chi connectivity index (χ2v) is 5.87. The summed E-state index contributed by atoms with van der Waals surface area (Å²) in [5, 5.41) is 0. The molecule has 1 aliphatic heterocycles. The zero-order chi connectivity index (χ0) is 18.1. The number of ether oxygens (including phenoxy) is 1. The van der Waals surface area contributed by atoms with Crippen LogP contribution in [0.15, 0.2) is 71.0 Å². The zero-order valence-electron chi connectivity index (χ0n) is 13.7. The molecule has 0 saturated carbocycles. The Hall–Kier alpha value is -3.54. The fraction of sp³-hybridized carbons (Fsp3) is 0.0500. The smallest absolute Gasteiger partial charge is 0.294 e. The molecule has 0 atom stereocenters. The molecule has 1 amide bonds. The first-order valence-electron chi connectivity index (χ1n) is 7.99. The molecule has 130 valence electrons. The van der Waals surface area contributed by atoms with Gasteiger partial charge in [0.2, 0.25) is 0 Å². The van der Waals surface area contributed by atoms with E-state index in [2.05, 4.69) is 0 Å². The number of hydrogen-bond acceptors (Lipinski definition) is 4. The Balaban J connectivity index is 1.75. The summed E-state index contributed by atoms with van der Waals surface area (Å²) in [6.07, 6.45) is 3.05. The van der Waals surface area contributed by atoms with Crippen molar-refractivity contribution in [1.82, 2.24) is 0 Å². The number of halogens is 1. The topological polar surface area (TPSA) is 68.7 Å². The average Bonchev–Trinajstić information content (AvgIpc) is 3.13. The van der Waals surface area contributed by atoms with Crippen LogP contribution in [0.25, 0.3) is 6.08 Å². The highest BCUT2D eigenvalue weighted by molar-refractivity contribution is 6.09. The third-order valence-corrected chi connectivity index (χ3v) is 4.02. The molecule has 2 heterocycles. The Morgan fingerprint density at radius 3 is 2.65 bits per heavy atom. The summed E-state index contributed by atoms with van der Waals surface area (Å²) < 4.78 is 24.2. The molecule has 0 unspecified atom stereocenters. The lowest BCUT2D eigenvalue weighted by Crippen LogP contribution is -2.36. The van der Waals surface area contributed by atoms with Gasteiger partial charge in [-0.3, -0.25) is 9.69 Å². The first-order chi connectivity index (χ1) is 12.6. The second-order valence-electron chi connectivity index (χ2n) is 5.87. The van der Waals surface area contributed by atoms with E-state index in [1.807, 2.05) is 0 Å². The van der Waals surface area contributed by atoms with E-state index in [4.69, 9.17) is 14.9 Å². The molecule has 3 aromatic rings. The Bertz CT molecular complexity index is 979. The van der Waals surface area contributed by atoms with Crippen molar-refractivity contribution >= 4 is 23.4 Å². The number of furan rings is 1. The third-order valence-electron chi connectivity index (χ3n) is 4.02. The number of nitrogen functional groups attached to an aromatic ring is 1. The molecule has 0 spiro atoms. The van der Waals surface area contributed by atoms with Gasteiger partial charge in [-0.1, -0.05) is 12.1 Å². The molecule has 0 bridgehead atoms. The van der Waals surface area contributed by atoms with Crippen molar-refractivity contribution in [2.45, 2.75) is 6.54 Å². The fourth-order valence-electron chi connectivity index (χ4n) is 2.76. The molecular formula is C20H15FN2O3. The van der Waals surface area contributed by atoms with E-state index in [1.54, 1.807) is 47.4 Å². The minimum Gasteiger partial charge on any atom is -0.465 e. The number of rotatable bonds is 3. The molecule has 0 saturated heterocycles. The summed E-state index contributed by atoms with van der Waals surface area (Å²) in [5.74, 6) is 0.462. The lowest BCUT2D eigenvalue weighted by atomic mass is 10.1. The predicted octanol–water partition coefficient (Wildman–Crippen LogP) is 3.97. The van der Waals surface area contributed by atoms with Gasteiger partial charge in [0, 0.05) is 17.8 Å². The summed E-state index contributed by atoms with van der Waals surface area (Å²) in [5.41, 5.74) is 7.77. The number of carbonyl (C=O) groups is 1. The van der Waals surface area contributed by atoms with Gasteiger partial charge in [0.25, 0.3) is 5.91 Å². The Morgan fingerprint density at radius 1 is 1.12 bits per heavy atom. The van der Waals surface area contributed by atoms with Crippen molar-refractivity contribution in [3.8, 4) is 5.75 Å². The summed E-state index contributed by atoms with van der Waals surface area (Å²) in [6.45, 7) is 0.273. The van der Waals surface area contributed by atoms with Gasteiger partial charge < -0.3 is 14.9 Å². The maximum atomic E-state index is 13.2. The molecule has 26 heavy (non-hydrogen) atoms. The van der Waals surface area contributed by atoms with E-state index in [1.165, 1.54) is 24.5 Å². The van der Waals surface area contributed by atoms with Gasteiger partial charge in [-0.15, -0.1) is 0 Å². The molecule has 6 heteroatoms. The minimum atomic E-state index is -0.325. The normalized spacial score (nSPS) is 15.0. The van der Waals surface area contributed by atoms with Crippen LogP contribution in [0.3, 0.4) is 0 Å². The van der Waals surface area contributed by atoms with E-state index >= 15 is 0 Å². The van der Waals surface area contributed by atoms with Crippen LogP contribution in [0.5, 0.6) is 5.75 Å². The average molecular weight is 350 g/mol. The van der Waals surface area contributed by atoms with Crippen LogP contribution in [0.4, 0.5) is 15.8 Å². The van der Waals surface area contributed by atoms with Gasteiger partial charge in [0.1, 0.15) is 11.6 Å². The first kappa shape index (κ1) is 16.0. The van der Waals surface area contributed by atoms with Crippen molar-refractivity contribution in [2.24, 2.45) is 0 Å². The van der Waals surface area contributed by atoms with Crippen LogP contribution < -0.4 is 15.4 Å². The van der Waals surface area contributed by atoms with E-state index in [9.17, 15) is 9.18 Å². The molecule has 1 aliphatic rings. The highest BCUT2D eigenvalue weighted by atomic mass is 19.1. The molecule has 0 radical (unpaired) electrons. The van der Waals surface area contributed by atoms with Crippen LogP contribution in [0.1, 0.15) is 11.3 Å². The first-order valence-corrected chi connectivity index (χ1v) is 7.99. The SMILES string of the molecule is Nc1ccc2c(c1)O/C(=C/c1ccco1)C(=O)N2Cc1ccc(F)cc1. The predicted molar refractivity (Wildman–Crippen MR) is 95.8 cm³/mol. The number of amides is 1. The molecule has 4 rings (SSSR count). The van der Waals surface area contributed by atoms with Crippen molar-refractivity contribution in [3.05, 3.63) is 83.8 Å². The molecule has 2 aromatic carbocycles. The largest absolute Gasteiger partial charge is 0.465 e. The van der Waals surface area contributed by atoms with Crippen LogP contribution in [0, 0.1) is 5.82 Å². The number of nitrogens with zero attached hydrogens (tertiary/aromatic N) is 1. The highest BCUT2D eigenvalue weighted by Crippen LogP contribution is 2.38. The van der Waals surface area contributed by atoms with E-state index in [-0.39, 0.29) is 24.0 Å². The number of anilines is 2. The van der Waals surface area contributed by atoms with Crippen molar-refractivity contribution < 1.29 is 18.3 Å². The lowest BCUT2D eigenvalue weighted by molar-refractivity contribution is -0.117. The van der Waals surface area contributed by atoms with Crippen LogP contribution in [0.2, 0.25) is 0 Å². The van der Waals surface area contributed by atoms with E-state index in [0.29, 0.717) is 22.9 Å². The fourth-order valence-corrected chi connectivity index (χ4v) is 2.76. The quantitative estimate of drug-likeness (QED) is 0.573. The van der Waals surface area contributed by atoms with Crippen LogP contribution >= 0.6 is 0 Å². The molecule has 0 aliphatic carbocycles. The highest BCUT2D eigenvalue weighted by Gasteiger charge is 2.30. The van der Waals surface area contributed by atoms with Gasteiger partial charge in [0.05, 0.1) is 18.5 Å². The summed E-state index contributed by atoms with van der Waals surface area (Å²) in [7, 11) is 0. The number of nitrogens with two attached hydrogens (primary N) is 1. The summed E-state index contributed by atoms with van der Waals surface area (Å²) in [4.78, 5) is 14.5. The molecule has 1 aromatic heterocycles. The van der Waals surface area contributed by atoms with Gasteiger partial charge in [-0.2, -0.15) is 0 Å². The number of hydrogen-bond donors (Lipinski definition) is 1. The van der Waals surface area contributed by atoms with Gasteiger partial charge >= 0.3 is 0 Å². The second kappa shape index (κ2) is 6.40. The monoisotopic (exact) mass is 350 g/mol. The maximum absolute atomic E-state index is 13.2. The molecule has 2 N–H and O–H groups in total. The Morgan fingerprint density at radius 2 is 1.92 bits per heavy atom. The third kappa shape index (κ3) is 3.04. The van der Waals surface area contributed by atoms with Gasteiger partial charge in [-0.25, -0.2) is 4.39 Å². The Kier molecular flexibility index (Phi) is 3.93. The van der Waals surface area contributed by atoms with Gasteiger partial charge in [-0.05, 0) is 42.0 Å². The maximum Gasteiger partial charge on any atom is 0.294 e. The minimum absolute atomic E-state index is 0.125. The lowest BCUT2D eigenvalue weighted by Gasteiger charge is -2.30. The van der Waals surface area contributed by atoms with Crippen LogP contribution in [-0.4, -0.2) is 5.91 Å². The van der Waals surface area contributed by atoms with Crippen LogP contribution in [-0.2, 0) is 11.3 Å². The number of carbonyl (C=O) groups excluding carboxylic acids is 1. The zero-order valence-corrected chi connectivity index (χ0v) is 13.7. The van der Waals surface area contributed by atoms with Crippen molar-refractivity contribution in [1.29, 1.82) is 0 Å². The van der Waals surface area contributed by atoms with Crippen molar-refractivity contribution in [2.75, 3.05) is 10.6 Å². The standard InChI is InChI=1S/C20H15FN2O3/c21-14-5-3-13(4-6-14)12-23-17-8-7-15(22)10-18(17)26-19(20(23)24)11-16-2-1-9-25-16/h1-11H,12,22H2/b19-11+. The van der Waals surface area contributed by atoms with Gasteiger partial charge in [0.15, 0.2) is 11.5 Å². The molecule has 0 fully saturated rings. The summed E-state index contributed by atoms with van der Waals surface area (Å²) >= 11 is 0.